The number of hydrogen-bond donors (Lipinski definition) is 2. The quantitative estimate of drug-likeness (QED) is 0.780. The summed E-state index contributed by atoms with van der Waals surface area (Å²) in [6.07, 6.45) is 7.16. The molecule has 0 radical (unpaired) electrons. The number of rotatable bonds is 3. The van der Waals surface area contributed by atoms with Gasteiger partial charge in [0.25, 0.3) is 0 Å². The number of nitrogens with one attached hydrogen (secondary N) is 1. The normalized spacial score (nSPS) is 33.0. The molecule has 3 unspecified atom stereocenters. The zero-order valence-electron chi connectivity index (χ0n) is 12.6. The molecular weight excluding hydrogens is 254 g/mol. The van der Waals surface area contributed by atoms with Gasteiger partial charge in [0.05, 0.1) is 5.92 Å². The Hall–Kier alpha value is -1.32. The Morgan fingerprint density at radius 1 is 1.20 bits per heavy atom. The van der Waals surface area contributed by atoms with Crippen LogP contribution in [0.4, 0.5) is 0 Å². The van der Waals surface area contributed by atoms with Gasteiger partial charge in [0.15, 0.2) is 0 Å². The molecule has 4 heteroatoms. The second kappa shape index (κ2) is 5.58. The molecule has 0 heterocycles. The third kappa shape index (κ3) is 2.74. The molecule has 1 amide bonds. The van der Waals surface area contributed by atoms with E-state index >= 15 is 0 Å². The van der Waals surface area contributed by atoms with Crippen molar-refractivity contribution in [3.8, 4) is 0 Å². The van der Waals surface area contributed by atoms with Crippen LogP contribution in [0.15, 0.2) is 12.2 Å². The van der Waals surface area contributed by atoms with Gasteiger partial charge in [-0.05, 0) is 37.0 Å². The summed E-state index contributed by atoms with van der Waals surface area (Å²) < 4.78 is 0. The average molecular weight is 279 g/mol. The van der Waals surface area contributed by atoms with Gasteiger partial charge < -0.3 is 10.4 Å². The number of carbonyl (C=O) groups is 2. The first-order valence-corrected chi connectivity index (χ1v) is 7.52. The van der Waals surface area contributed by atoms with Crippen molar-refractivity contribution in [3.05, 3.63) is 12.2 Å². The van der Waals surface area contributed by atoms with Crippen LogP contribution in [0.3, 0.4) is 0 Å². The van der Waals surface area contributed by atoms with Gasteiger partial charge in [-0.25, -0.2) is 0 Å². The number of carboxylic acid groups (broad SMARTS) is 1. The molecule has 0 saturated heterocycles. The predicted octanol–water partition coefficient (Wildman–Crippen LogP) is 2.59. The summed E-state index contributed by atoms with van der Waals surface area (Å²) in [5, 5.41) is 12.5. The lowest BCUT2D eigenvalue weighted by Gasteiger charge is -2.46. The third-order valence-electron chi connectivity index (χ3n) is 5.45. The van der Waals surface area contributed by atoms with E-state index in [1.807, 2.05) is 13.8 Å². The maximum absolute atomic E-state index is 12.2. The summed E-state index contributed by atoms with van der Waals surface area (Å²) >= 11 is 0. The van der Waals surface area contributed by atoms with Gasteiger partial charge in [-0.3, -0.25) is 9.59 Å². The molecule has 2 aliphatic rings. The summed E-state index contributed by atoms with van der Waals surface area (Å²) in [6.45, 7) is 6.07. The summed E-state index contributed by atoms with van der Waals surface area (Å²) in [7, 11) is 0. The smallest absolute Gasteiger partial charge is 0.307 e. The first-order chi connectivity index (χ1) is 9.34. The maximum atomic E-state index is 12.2. The van der Waals surface area contributed by atoms with Crippen LogP contribution in [0.5, 0.6) is 0 Å². The van der Waals surface area contributed by atoms with E-state index in [0.717, 1.165) is 19.3 Å². The first-order valence-electron chi connectivity index (χ1n) is 7.52. The molecule has 0 aliphatic heterocycles. The fourth-order valence-electron chi connectivity index (χ4n) is 3.57. The van der Waals surface area contributed by atoms with E-state index in [9.17, 15) is 14.7 Å². The largest absolute Gasteiger partial charge is 0.481 e. The van der Waals surface area contributed by atoms with Gasteiger partial charge in [0, 0.05) is 12.0 Å². The van der Waals surface area contributed by atoms with Gasteiger partial charge in [-0.1, -0.05) is 32.9 Å². The fourth-order valence-corrected chi connectivity index (χ4v) is 3.57. The Kier molecular flexibility index (Phi) is 4.21. The summed E-state index contributed by atoms with van der Waals surface area (Å²) in [5.74, 6) is -0.681. The van der Waals surface area contributed by atoms with Crippen molar-refractivity contribution < 1.29 is 14.7 Å². The van der Waals surface area contributed by atoms with Crippen molar-refractivity contribution in [1.29, 1.82) is 0 Å². The van der Waals surface area contributed by atoms with Crippen LogP contribution in [0.2, 0.25) is 0 Å². The SMILES string of the molecule is CC1C(NC(=O)C2CC=CC2)CCC(C(=O)O)C1(C)C. The zero-order valence-corrected chi connectivity index (χ0v) is 12.6. The topological polar surface area (TPSA) is 66.4 Å². The highest BCUT2D eigenvalue weighted by molar-refractivity contribution is 5.80. The molecule has 0 bridgehead atoms. The van der Waals surface area contributed by atoms with Crippen LogP contribution in [0, 0.1) is 23.2 Å². The Morgan fingerprint density at radius 2 is 1.80 bits per heavy atom. The monoisotopic (exact) mass is 279 g/mol. The Balaban J connectivity index is 2.00. The highest BCUT2D eigenvalue weighted by Crippen LogP contribution is 2.45. The second-order valence-electron chi connectivity index (χ2n) is 6.83. The lowest BCUT2D eigenvalue weighted by Crippen LogP contribution is -2.53. The first kappa shape index (κ1) is 15.1. The van der Waals surface area contributed by atoms with Crippen LogP contribution in [-0.4, -0.2) is 23.0 Å². The van der Waals surface area contributed by atoms with Crippen molar-refractivity contribution in [2.24, 2.45) is 23.2 Å². The van der Waals surface area contributed by atoms with Gasteiger partial charge in [0.2, 0.25) is 5.91 Å². The van der Waals surface area contributed by atoms with Crippen molar-refractivity contribution >= 4 is 11.9 Å². The number of carbonyl (C=O) groups excluding carboxylic acids is 1. The zero-order chi connectivity index (χ0) is 14.9. The van der Waals surface area contributed by atoms with Crippen molar-refractivity contribution in [1.82, 2.24) is 5.32 Å². The standard InChI is InChI=1S/C16H25NO3/c1-10-13(17-14(18)11-6-4-5-7-11)9-8-12(15(19)20)16(10,2)3/h4-5,10-13H,6-9H2,1-3H3,(H,17,18)(H,19,20). The summed E-state index contributed by atoms with van der Waals surface area (Å²) in [5.41, 5.74) is -0.296. The Morgan fingerprint density at radius 3 is 2.35 bits per heavy atom. The lowest BCUT2D eigenvalue weighted by atomic mass is 9.61. The minimum Gasteiger partial charge on any atom is -0.481 e. The molecule has 2 N–H and O–H groups in total. The van der Waals surface area contributed by atoms with Crippen molar-refractivity contribution in [3.63, 3.8) is 0 Å². The van der Waals surface area contributed by atoms with Crippen LogP contribution in [0.25, 0.3) is 0 Å². The highest BCUT2D eigenvalue weighted by atomic mass is 16.4. The van der Waals surface area contributed by atoms with Crippen molar-refractivity contribution in [2.75, 3.05) is 0 Å². The van der Waals surface area contributed by atoms with E-state index in [1.54, 1.807) is 0 Å². The number of aliphatic carboxylic acids is 1. The van der Waals surface area contributed by atoms with Gasteiger partial charge >= 0.3 is 5.97 Å². The molecule has 4 nitrogen and oxygen atoms in total. The van der Waals surface area contributed by atoms with Crippen LogP contribution in [-0.2, 0) is 9.59 Å². The molecule has 20 heavy (non-hydrogen) atoms. The van der Waals surface area contributed by atoms with E-state index in [2.05, 4.69) is 24.4 Å². The Bertz CT molecular complexity index is 419. The fraction of sp³-hybridized carbons (Fsp3) is 0.750. The van der Waals surface area contributed by atoms with Crippen LogP contribution >= 0.6 is 0 Å². The van der Waals surface area contributed by atoms with Crippen LogP contribution < -0.4 is 5.32 Å². The molecule has 0 aromatic carbocycles. The number of carboxylic acids is 1. The minimum absolute atomic E-state index is 0.0718. The Labute approximate surface area is 120 Å². The molecular formula is C16H25NO3. The molecule has 0 spiro atoms. The van der Waals surface area contributed by atoms with E-state index in [-0.39, 0.29) is 35.1 Å². The second-order valence-corrected chi connectivity index (χ2v) is 6.83. The van der Waals surface area contributed by atoms with Gasteiger partial charge in [-0.15, -0.1) is 0 Å². The molecule has 0 aromatic heterocycles. The molecule has 1 saturated carbocycles. The van der Waals surface area contributed by atoms with E-state index < -0.39 is 5.97 Å². The van der Waals surface area contributed by atoms with E-state index in [1.165, 1.54) is 0 Å². The number of hydrogen-bond acceptors (Lipinski definition) is 2. The molecule has 2 aliphatic carbocycles. The van der Waals surface area contributed by atoms with Gasteiger partial charge in [0.1, 0.15) is 0 Å². The predicted molar refractivity (Wildman–Crippen MR) is 77.1 cm³/mol. The summed E-state index contributed by atoms with van der Waals surface area (Å²) in [6, 6.07) is 0.0914. The van der Waals surface area contributed by atoms with Crippen molar-refractivity contribution in [2.45, 2.75) is 52.5 Å². The molecule has 1 fully saturated rings. The molecule has 2 rings (SSSR count). The maximum Gasteiger partial charge on any atom is 0.307 e. The molecule has 3 atom stereocenters. The number of amides is 1. The molecule has 0 aromatic rings. The minimum atomic E-state index is -0.716. The molecule has 112 valence electrons. The number of allylic oxidation sites excluding steroid dienone is 2. The van der Waals surface area contributed by atoms with Gasteiger partial charge in [-0.2, -0.15) is 0 Å². The van der Waals surface area contributed by atoms with Crippen LogP contribution in [0.1, 0.15) is 46.5 Å². The van der Waals surface area contributed by atoms with E-state index in [4.69, 9.17) is 0 Å². The summed E-state index contributed by atoms with van der Waals surface area (Å²) in [4.78, 5) is 23.6. The van der Waals surface area contributed by atoms with E-state index in [0.29, 0.717) is 6.42 Å². The third-order valence-corrected chi connectivity index (χ3v) is 5.45. The highest BCUT2D eigenvalue weighted by Gasteiger charge is 2.46. The lowest BCUT2D eigenvalue weighted by molar-refractivity contribution is -0.150. The average Bonchev–Trinajstić information content (AvgIpc) is 2.88.